The van der Waals surface area contributed by atoms with Crippen LogP contribution in [0.25, 0.3) is 17.1 Å². The predicted octanol–water partition coefficient (Wildman–Crippen LogP) is 1.07. The van der Waals surface area contributed by atoms with Crippen molar-refractivity contribution in [1.29, 1.82) is 0 Å². The molecule has 0 fully saturated rings. The molecule has 15 heavy (non-hydrogen) atoms. The molecule has 1 N–H and O–H groups in total. The highest BCUT2D eigenvalue weighted by Gasteiger charge is 2.04. The van der Waals surface area contributed by atoms with Gasteiger partial charge >= 0.3 is 5.97 Å². The Labute approximate surface area is 85.7 Å². The standard InChI is InChI=1S/C10H9N3O2/c1-13-8-6-11-5-4-7(8)12-9(13)2-3-10(14)15/h2-6H,1H3,(H,14,15). The first-order chi connectivity index (χ1) is 7.18. The van der Waals surface area contributed by atoms with E-state index in [1.807, 2.05) is 7.05 Å². The number of carbonyl (C=O) groups is 1. The van der Waals surface area contributed by atoms with Crippen molar-refractivity contribution in [2.24, 2.45) is 7.05 Å². The predicted molar refractivity (Wildman–Crippen MR) is 55.2 cm³/mol. The van der Waals surface area contributed by atoms with Crippen molar-refractivity contribution in [3.05, 3.63) is 30.4 Å². The van der Waals surface area contributed by atoms with Gasteiger partial charge in [0.15, 0.2) is 0 Å². The van der Waals surface area contributed by atoms with Crippen LogP contribution in [0.1, 0.15) is 5.82 Å². The van der Waals surface area contributed by atoms with Gasteiger partial charge in [-0.05, 0) is 12.1 Å². The zero-order valence-electron chi connectivity index (χ0n) is 8.08. The van der Waals surface area contributed by atoms with E-state index in [9.17, 15) is 4.79 Å². The molecule has 0 unspecified atom stereocenters. The summed E-state index contributed by atoms with van der Waals surface area (Å²) in [6.45, 7) is 0. The minimum absolute atomic E-state index is 0.598. The van der Waals surface area contributed by atoms with Crippen LogP contribution in [0, 0.1) is 0 Å². The average Bonchev–Trinajstić information content (AvgIpc) is 2.54. The van der Waals surface area contributed by atoms with Gasteiger partial charge in [0, 0.05) is 19.3 Å². The molecular formula is C10H9N3O2. The maximum Gasteiger partial charge on any atom is 0.328 e. The minimum atomic E-state index is -0.986. The Kier molecular flexibility index (Phi) is 2.21. The van der Waals surface area contributed by atoms with Crippen LogP contribution in [0.2, 0.25) is 0 Å². The van der Waals surface area contributed by atoms with Gasteiger partial charge in [0.1, 0.15) is 5.82 Å². The number of carboxylic acids is 1. The highest BCUT2D eigenvalue weighted by molar-refractivity contribution is 5.86. The lowest BCUT2D eigenvalue weighted by molar-refractivity contribution is -0.131. The number of aryl methyl sites for hydroxylation is 1. The summed E-state index contributed by atoms with van der Waals surface area (Å²) in [6.07, 6.45) is 5.87. The van der Waals surface area contributed by atoms with Crippen molar-refractivity contribution < 1.29 is 9.90 Å². The zero-order valence-corrected chi connectivity index (χ0v) is 8.08. The lowest BCUT2D eigenvalue weighted by atomic mass is 10.4. The lowest BCUT2D eigenvalue weighted by Crippen LogP contribution is -1.93. The molecule has 76 valence electrons. The van der Waals surface area contributed by atoms with Crippen molar-refractivity contribution in [1.82, 2.24) is 14.5 Å². The number of fused-ring (bicyclic) bond motifs is 1. The molecule has 0 aromatic carbocycles. The van der Waals surface area contributed by atoms with Gasteiger partial charge in [-0.25, -0.2) is 9.78 Å². The minimum Gasteiger partial charge on any atom is -0.478 e. The fraction of sp³-hybridized carbons (Fsp3) is 0.100. The van der Waals surface area contributed by atoms with Crippen LogP contribution in [0.4, 0.5) is 0 Å². The highest BCUT2D eigenvalue weighted by Crippen LogP contribution is 2.13. The third-order valence-electron chi connectivity index (χ3n) is 2.09. The van der Waals surface area contributed by atoms with E-state index in [-0.39, 0.29) is 0 Å². The van der Waals surface area contributed by atoms with E-state index in [0.29, 0.717) is 5.82 Å². The summed E-state index contributed by atoms with van der Waals surface area (Å²) < 4.78 is 1.79. The maximum atomic E-state index is 10.4. The number of nitrogens with zero attached hydrogens (tertiary/aromatic N) is 3. The molecule has 0 saturated heterocycles. The number of pyridine rings is 1. The van der Waals surface area contributed by atoms with E-state index in [2.05, 4.69) is 9.97 Å². The van der Waals surface area contributed by atoms with E-state index >= 15 is 0 Å². The fourth-order valence-electron chi connectivity index (χ4n) is 1.35. The van der Waals surface area contributed by atoms with E-state index < -0.39 is 5.97 Å². The molecule has 0 aliphatic carbocycles. The average molecular weight is 203 g/mol. The van der Waals surface area contributed by atoms with Gasteiger partial charge in [0.25, 0.3) is 0 Å². The molecule has 0 atom stereocenters. The van der Waals surface area contributed by atoms with Crippen LogP contribution in [0.3, 0.4) is 0 Å². The van der Waals surface area contributed by atoms with E-state index in [1.54, 1.807) is 23.0 Å². The SMILES string of the molecule is Cn1c(C=CC(=O)O)nc2ccncc21. The van der Waals surface area contributed by atoms with E-state index in [1.165, 1.54) is 6.08 Å². The van der Waals surface area contributed by atoms with Crippen molar-refractivity contribution in [3.8, 4) is 0 Å². The van der Waals surface area contributed by atoms with Gasteiger partial charge in [0.05, 0.1) is 17.2 Å². The second-order valence-electron chi connectivity index (χ2n) is 3.06. The molecule has 0 radical (unpaired) electrons. The lowest BCUT2D eigenvalue weighted by Gasteiger charge is -1.94. The molecule has 2 aromatic rings. The Morgan fingerprint density at radius 3 is 3.07 bits per heavy atom. The summed E-state index contributed by atoms with van der Waals surface area (Å²) in [5, 5.41) is 8.50. The molecule has 2 aromatic heterocycles. The van der Waals surface area contributed by atoms with Crippen LogP contribution in [0.5, 0.6) is 0 Å². The topological polar surface area (TPSA) is 68.0 Å². The fourth-order valence-corrected chi connectivity index (χ4v) is 1.35. The van der Waals surface area contributed by atoms with Crippen LogP contribution in [0.15, 0.2) is 24.5 Å². The zero-order chi connectivity index (χ0) is 10.8. The molecular weight excluding hydrogens is 194 g/mol. The van der Waals surface area contributed by atoms with Crippen LogP contribution in [-0.4, -0.2) is 25.6 Å². The van der Waals surface area contributed by atoms with Gasteiger partial charge in [-0.2, -0.15) is 0 Å². The summed E-state index contributed by atoms with van der Waals surface area (Å²) in [6, 6.07) is 1.79. The first-order valence-electron chi connectivity index (χ1n) is 4.36. The van der Waals surface area contributed by atoms with Crippen molar-refractivity contribution in [2.75, 3.05) is 0 Å². The molecule has 0 spiro atoms. The molecule has 0 saturated carbocycles. The van der Waals surface area contributed by atoms with E-state index in [4.69, 9.17) is 5.11 Å². The molecule has 0 amide bonds. The second kappa shape index (κ2) is 3.53. The van der Waals surface area contributed by atoms with Gasteiger partial charge in [0.2, 0.25) is 0 Å². The molecule has 5 nitrogen and oxygen atoms in total. The molecule has 2 rings (SSSR count). The van der Waals surface area contributed by atoms with Crippen LogP contribution in [-0.2, 0) is 11.8 Å². The number of hydrogen-bond acceptors (Lipinski definition) is 3. The van der Waals surface area contributed by atoms with Gasteiger partial charge in [-0.3, -0.25) is 4.98 Å². The number of imidazole rings is 1. The normalized spacial score (nSPS) is 11.3. The Balaban J connectivity index is 2.53. The summed E-state index contributed by atoms with van der Waals surface area (Å²) >= 11 is 0. The maximum absolute atomic E-state index is 10.4. The molecule has 5 heteroatoms. The van der Waals surface area contributed by atoms with Gasteiger partial charge in [-0.1, -0.05) is 0 Å². The third-order valence-corrected chi connectivity index (χ3v) is 2.09. The summed E-state index contributed by atoms with van der Waals surface area (Å²) in [5.41, 5.74) is 1.68. The Morgan fingerprint density at radius 1 is 1.60 bits per heavy atom. The Hall–Kier alpha value is -2.17. The van der Waals surface area contributed by atoms with Gasteiger partial charge < -0.3 is 9.67 Å². The molecule has 2 heterocycles. The second-order valence-corrected chi connectivity index (χ2v) is 3.06. The number of aromatic nitrogens is 3. The van der Waals surface area contributed by atoms with Crippen LogP contribution < -0.4 is 0 Å². The number of hydrogen-bond donors (Lipinski definition) is 1. The van der Waals surface area contributed by atoms with Crippen molar-refractivity contribution in [2.45, 2.75) is 0 Å². The summed E-state index contributed by atoms with van der Waals surface area (Å²) in [4.78, 5) is 18.6. The van der Waals surface area contributed by atoms with Gasteiger partial charge in [-0.15, -0.1) is 0 Å². The quantitative estimate of drug-likeness (QED) is 0.741. The molecule has 0 aliphatic heterocycles. The van der Waals surface area contributed by atoms with Crippen molar-refractivity contribution in [3.63, 3.8) is 0 Å². The Bertz CT molecular complexity index is 543. The van der Waals surface area contributed by atoms with E-state index in [0.717, 1.165) is 17.1 Å². The first kappa shape index (κ1) is 9.39. The molecule has 0 aliphatic rings. The third kappa shape index (κ3) is 1.71. The molecule has 0 bridgehead atoms. The monoisotopic (exact) mass is 203 g/mol. The Morgan fingerprint density at radius 2 is 2.40 bits per heavy atom. The first-order valence-corrected chi connectivity index (χ1v) is 4.36. The summed E-state index contributed by atoms with van der Waals surface area (Å²) in [7, 11) is 1.82. The summed E-state index contributed by atoms with van der Waals surface area (Å²) in [5.74, 6) is -0.388. The number of carboxylic acid groups (broad SMARTS) is 1. The smallest absolute Gasteiger partial charge is 0.328 e. The number of aliphatic carboxylic acids is 1. The highest BCUT2D eigenvalue weighted by atomic mass is 16.4. The van der Waals surface area contributed by atoms with Crippen molar-refractivity contribution >= 4 is 23.1 Å². The van der Waals surface area contributed by atoms with Crippen LogP contribution >= 0.6 is 0 Å². The number of rotatable bonds is 2. The largest absolute Gasteiger partial charge is 0.478 e.